The number of likely N-dealkylation sites (tertiary alicyclic amines) is 1. The summed E-state index contributed by atoms with van der Waals surface area (Å²) in [4.78, 5) is 15.0. The van der Waals surface area contributed by atoms with Gasteiger partial charge in [0.05, 0.1) is 19.2 Å². The minimum absolute atomic E-state index is 0.0258. The van der Waals surface area contributed by atoms with Crippen molar-refractivity contribution in [2.45, 2.75) is 51.2 Å². The largest absolute Gasteiger partial charge is 0.497 e. The third kappa shape index (κ3) is 3.25. The summed E-state index contributed by atoms with van der Waals surface area (Å²) in [5, 5.41) is 12.3. The third-order valence-corrected chi connectivity index (χ3v) is 5.05. The highest BCUT2D eigenvalue weighted by atomic mass is 16.5. The van der Waals surface area contributed by atoms with Crippen LogP contribution in [-0.4, -0.2) is 36.5 Å². The van der Waals surface area contributed by atoms with Gasteiger partial charge in [-0.05, 0) is 50.8 Å². The topological polar surface area (TPSA) is 65.4 Å². The van der Waals surface area contributed by atoms with Crippen LogP contribution in [0.4, 0.5) is 0 Å². The molecule has 1 N–H and O–H groups in total. The van der Waals surface area contributed by atoms with Gasteiger partial charge in [-0.1, -0.05) is 12.1 Å². The number of methoxy groups -OCH3 is 1. The minimum Gasteiger partial charge on any atom is -0.497 e. The number of ether oxygens (including phenoxy) is 1. The molecule has 3 rings (SSSR count). The zero-order valence-corrected chi connectivity index (χ0v) is 14.6. The van der Waals surface area contributed by atoms with E-state index in [1.807, 2.05) is 12.1 Å². The molecule has 1 amide bonds. The summed E-state index contributed by atoms with van der Waals surface area (Å²) in [5.74, 6) is 0.637. The second-order valence-electron chi connectivity index (χ2n) is 7.30. The maximum atomic E-state index is 12.5. The van der Waals surface area contributed by atoms with Gasteiger partial charge >= 0.3 is 0 Å². The van der Waals surface area contributed by atoms with Crippen LogP contribution in [-0.2, 0) is 4.79 Å². The average Bonchev–Trinajstić information content (AvgIpc) is 3.35. The number of hydrogen-bond acceptors (Lipinski definition) is 4. The van der Waals surface area contributed by atoms with Crippen LogP contribution in [0.2, 0.25) is 0 Å². The third-order valence-electron chi connectivity index (χ3n) is 5.05. The van der Waals surface area contributed by atoms with Gasteiger partial charge < -0.3 is 10.1 Å². The number of nitrogens with zero attached hydrogens (tertiary/aromatic N) is 2. The van der Waals surface area contributed by atoms with Crippen LogP contribution in [0.3, 0.4) is 0 Å². The maximum absolute atomic E-state index is 12.5. The Morgan fingerprint density at radius 1 is 1.38 bits per heavy atom. The van der Waals surface area contributed by atoms with Crippen molar-refractivity contribution in [1.82, 2.24) is 10.2 Å². The van der Waals surface area contributed by atoms with Crippen molar-refractivity contribution in [3.8, 4) is 11.8 Å². The van der Waals surface area contributed by atoms with Crippen LogP contribution in [0.25, 0.3) is 0 Å². The Bertz CT molecular complexity index is 661. The first-order chi connectivity index (χ1) is 11.5. The summed E-state index contributed by atoms with van der Waals surface area (Å²) in [5.41, 5.74) is 0.158. The van der Waals surface area contributed by atoms with Crippen molar-refractivity contribution >= 4 is 5.91 Å². The van der Waals surface area contributed by atoms with Gasteiger partial charge in [0.1, 0.15) is 11.2 Å². The molecule has 1 aliphatic carbocycles. The minimum atomic E-state index is -1.01. The normalized spacial score (nSPS) is 24.4. The molecule has 0 bridgehead atoms. The molecule has 2 fully saturated rings. The molecule has 5 nitrogen and oxygen atoms in total. The van der Waals surface area contributed by atoms with Crippen LogP contribution in [0, 0.1) is 16.7 Å². The Hall–Kier alpha value is -2.06. The Kier molecular flexibility index (Phi) is 4.51. The van der Waals surface area contributed by atoms with E-state index in [1.54, 1.807) is 21.0 Å². The molecule has 1 aromatic carbocycles. The monoisotopic (exact) mass is 327 g/mol. The molecule has 0 unspecified atom stereocenters. The summed E-state index contributed by atoms with van der Waals surface area (Å²) >= 11 is 0. The van der Waals surface area contributed by atoms with E-state index < -0.39 is 5.41 Å². The standard InChI is InChI=1S/C19H25N3O2/c1-19(2,12-20)18(23)21-16-9-10-22(14-7-8-14)17(16)13-5-4-6-15(11-13)24-3/h4-6,11,14,16-17H,7-10H2,1-3H3,(H,21,23)/t16-,17+/m0/s1. The average molecular weight is 327 g/mol. The number of nitriles is 1. The van der Waals surface area contributed by atoms with Gasteiger partial charge in [0.25, 0.3) is 0 Å². The van der Waals surface area contributed by atoms with Gasteiger partial charge in [0.2, 0.25) is 5.91 Å². The van der Waals surface area contributed by atoms with Crippen LogP contribution < -0.4 is 10.1 Å². The lowest BCUT2D eigenvalue weighted by atomic mass is 9.92. The molecule has 0 aromatic heterocycles. The molecule has 1 aromatic rings. The highest BCUT2D eigenvalue weighted by molar-refractivity contribution is 5.84. The Morgan fingerprint density at radius 2 is 2.12 bits per heavy atom. The Labute approximate surface area is 143 Å². The first-order valence-corrected chi connectivity index (χ1v) is 8.58. The van der Waals surface area contributed by atoms with E-state index >= 15 is 0 Å². The first-order valence-electron chi connectivity index (χ1n) is 8.58. The van der Waals surface area contributed by atoms with E-state index in [9.17, 15) is 10.1 Å². The fraction of sp³-hybridized carbons (Fsp3) is 0.579. The summed E-state index contributed by atoms with van der Waals surface area (Å²) in [7, 11) is 1.67. The molecule has 1 saturated heterocycles. The number of rotatable bonds is 5. The van der Waals surface area contributed by atoms with E-state index in [2.05, 4.69) is 28.4 Å². The first kappa shape index (κ1) is 16.8. The fourth-order valence-electron chi connectivity index (χ4n) is 3.43. The zero-order chi connectivity index (χ0) is 17.3. The van der Waals surface area contributed by atoms with Crippen LogP contribution in [0.5, 0.6) is 5.75 Å². The zero-order valence-electron chi connectivity index (χ0n) is 14.6. The SMILES string of the molecule is COc1cccc([C@@H]2[C@@H](NC(=O)C(C)(C)C#N)CCN2C2CC2)c1. The number of amides is 1. The van der Waals surface area contributed by atoms with Gasteiger partial charge in [0.15, 0.2) is 0 Å². The van der Waals surface area contributed by atoms with Crippen LogP contribution >= 0.6 is 0 Å². The van der Waals surface area contributed by atoms with Gasteiger partial charge in [-0.3, -0.25) is 9.69 Å². The number of hydrogen-bond donors (Lipinski definition) is 1. The molecule has 1 aliphatic heterocycles. The van der Waals surface area contributed by atoms with Crippen molar-refractivity contribution in [2.75, 3.05) is 13.7 Å². The molecule has 0 radical (unpaired) electrons. The molecule has 1 heterocycles. The second-order valence-corrected chi connectivity index (χ2v) is 7.30. The van der Waals surface area contributed by atoms with Crippen LogP contribution in [0.1, 0.15) is 44.7 Å². The summed E-state index contributed by atoms with van der Waals surface area (Å²) in [6.07, 6.45) is 3.36. The highest BCUT2D eigenvalue weighted by Gasteiger charge is 2.44. The molecular weight excluding hydrogens is 302 g/mol. The van der Waals surface area contributed by atoms with Crippen LogP contribution in [0.15, 0.2) is 24.3 Å². The molecule has 2 aliphatic rings. The Morgan fingerprint density at radius 3 is 2.75 bits per heavy atom. The van der Waals surface area contributed by atoms with E-state index in [-0.39, 0.29) is 18.0 Å². The smallest absolute Gasteiger partial charge is 0.240 e. The predicted molar refractivity (Wildman–Crippen MR) is 91.4 cm³/mol. The molecule has 24 heavy (non-hydrogen) atoms. The molecule has 5 heteroatoms. The lowest BCUT2D eigenvalue weighted by molar-refractivity contribution is -0.127. The predicted octanol–water partition coefficient (Wildman–Crippen LogP) is 2.64. The van der Waals surface area contributed by atoms with Crippen molar-refractivity contribution in [3.63, 3.8) is 0 Å². The number of benzene rings is 1. The molecule has 0 spiro atoms. The number of carbonyl (C=O) groups is 1. The quantitative estimate of drug-likeness (QED) is 0.903. The van der Waals surface area contributed by atoms with Gasteiger partial charge in [-0.25, -0.2) is 0 Å². The second kappa shape index (κ2) is 6.45. The Balaban J connectivity index is 1.85. The van der Waals surface area contributed by atoms with E-state index in [4.69, 9.17) is 4.74 Å². The van der Waals surface area contributed by atoms with Crippen molar-refractivity contribution in [2.24, 2.45) is 5.41 Å². The number of carbonyl (C=O) groups excluding carboxylic acids is 1. The highest BCUT2D eigenvalue weighted by Crippen LogP contribution is 2.41. The lowest BCUT2D eigenvalue weighted by Gasteiger charge is -2.30. The number of nitrogens with one attached hydrogen (secondary N) is 1. The van der Waals surface area contributed by atoms with E-state index in [0.29, 0.717) is 6.04 Å². The van der Waals surface area contributed by atoms with Gasteiger partial charge in [-0.2, -0.15) is 5.26 Å². The van der Waals surface area contributed by atoms with Crippen molar-refractivity contribution in [3.05, 3.63) is 29.8 Å². The summed E-state index contributed by atoms with van der Waals surface area (Å²) in [6.45, 7) is 4.30. The van der Waals surface area contributed by atoms with Crippen molar-refractivity contribution in [1.29, 1.82) is 5.26 Å². The maximum Gasteiger partial charge on any atom is 0.240 e. The van der Waals surface area contributed by atoms with Crippen molar-refractivity contribution < 1.29 is 9.53 Å². The summed E-state index contributed by atoms with van der Waals surface area (Å²) in [6, 6.07) is 11.0. The van der Waals surface area contributed by atoms with E-state index in [1.165, 1.54) is 18.4 Å². The molecule has 1 saturated carbocycles. The molecule has 2 atom stereocenters. The molecule has 128 valence electrons. The summed E-state index contributed by atoms with van der Waals surface area (Å²) < 4.78 is 5.36. The lowest BCUT2D eigenvalue weighted by Crippen LogP contribution is -2.45. The van der Waals surface area contributed by atoms with Gasteiger partial charge in [0, 0.05) is 18.6 Å². The van der Waals surface area contributed by atoms with Gasteiger partial charge in [-0.15, -0.1) is 0 Å². The molecular formula is C19H25N3O2. The van der Waals surface area contributed by atoms with E-state index in [0.717, 1.165) is 18.7 Å². The fourth-order valence-corrected chi connectivity index (χ4v) is 3.43.